The van der Waals surface area contributed by atoms with Crippen molar-refractivity contribution in [1.29, 1.82) is 0 Å². The van der Waals surface area contributed by atoms with Crippen LogP contribution in [0.1, 0.15) is 44.3 Å². The number of ether oxygens (including phenoxy) is 3. The van der Waals surface area contributed by atoms with E-state index in [0.29, 0.717) is 6.10 Å². The van der Waals surface area contributed by atoms with Gasteiger partial charge in [0.15, 0.2) is 0 Å². The van der Waals surface area contributed by atoms with Crippen LogP contribution in [0.5, 0.6) is 5.75 Å². The molecule has 1 aromatic carbocycles. The first kappa shape index (κ1) is 16.3. The molecule has 2 N–H and O–H groups in total. The molecule has 4 heteroatoms. The average Bonchev–Trinajstić information content (AvgIpc) is 2.52. The largest absolute Gasteiger partial charge is 0.497 e. The van der Waals surface area contributed by atoms with Crippen molar-refractivity contribution in [2.75, 3.05) is 14.2 Å². The number of rotatable bonds is 6. The van der Waals surface area contributed by atoms with Crippen LogP contribution in [0.25, 0.3) is 0 Å². The SMILES string of the molecule is COc1cccc(C(OC2CCCC(OC)C2)C(C)N)c1. The van der Waals surface area contributed by atoms with Crippen molar-refractivity contribution in [3.05, 3.63) is 29.8 Å². The van der Waals surface area contributed by atoms with Gasteiger partial charge in [-0.05, 0) is 50.3 Å². The van der Waals surface area contributed by atoms with Gasteiger partial charge in [-0.1, -0.05) is 12.1 Å². The van der Waals surface area contributed by atoms with Gasteiger partial charge in [-0.25, -0.2) is 0 Å². The van der Waals surface area contributed by atoms with Crippen LogP contribution in [-0.4, -0.2) is 32.5 Å². The highest BCUT2D eigenvalue weighted by molar-refractivity contribution is 5.30. The zero-order valence-electron chi connectivity index (χ0n) is 13.2. The van der Waals surface area contributed by atoms with Gasteiger partial charge in [-0.3, -0.25) is 0 Å². The molecule has 1 aliphatic rings. The van der Waals surface area contributed by atoms with E-state index in [4.69, 9.17) is 19.9 Å². The number of hydrogen-bond donors (Lipinski definition) is 1. The summed E-state index contributed by atoms with van der Waals surface area (Å²) in [5, 5.41) is 0. The summed E-state index contributed by atoms with van der Waals surface area (Å²) in [7, 11) is 3.45. The molecule has 0 aromatic heterocycles. The summed E-state index contributed by atoms with van der Waals surface area (Å²) < 4.78 is 17.1. The van der Waals surface area contributed by atoms with E-state index in [0.717, 1.165) is 37.0 Å². The van der Waals surface area contributed by atoms with Crippen LogP contribution < -0.4 is 10.5 Å². The van der Waals surface area contributed by atoms with E-state index in [9.17, 15) is 0 Å². The van der Waals surface area contributed by atoms with Crippen molar-refractivity contribution >= 4 is 0 Å². The Kier molecular flexibility index (Phi) is 6.03. The summed E-state index contributed by atoms with van der Waals surface area (Å²) in [4.78, 5) is 0. The Morgan fingerprint density at radius 1 is 1.19 bits per heavy atom. The monoisotopic (exact) mass is 293 g/mol. The number of methoxy groups -OCH3 is 2. The lowest BCUT2D eigenvalue weighted by atomic mass is 9.94. The van der Waals surface area contributed by atoms with Crippen LogP contribution in [0.15, 0.2) is 24.3 Å². The molecule has 0 aliphatic heterocycles. The molecule has 1 aromatic rings. The molecule has 21 heavy (non-hydrogen) atoms. The molecule has 4 nitrogen and oxygen atoms in total. The predicted octanol–water partition coefficient (Wildman–Crippen LogP) is 3.06. The third-order valence-electron chi connectivity index (χ3n) is 4.15. The van der Waals surface area contributed by atoms with Crippen molar-refractivity contribution < 1.29 is 14.2 Å². The van der Waals surface area contributed by atoms with Crippen LogP contribution in [0.3, 0.4) is 0 Å². The van der Waals surface area contributed by atoms with Crippen molar-refractivity contribution in [2.45, 2.75) is 57.0 Å². The highest BCUT2D eigenvalue weighted by Crippen LogP contribution is 2.31. The van der Waals surface area contributed by atoms with E-state index in [1.165, 1.54) is 0 Å². The maximum Gasteiger partial charge on any atom is 0.119 e. The molecule has 4 atom stereocenters. The molecule has 0 heterocycles. The summed E-state index contributed by atoms with van der Waals surface area (Å²) in [5.41, 5.74) is 7.22. The second kappa shape index (κ2) is 7.78. The summed E-state index contributed by atoms with van der Waals surface area (Å²) in [6, 6.07) is 7.90. The fourth-order valence-corrected chi connectivity index (χ4v) is 2.97. The second-order valence-corrected chi connectivity index (χ2v) is 5.84. The predicted molar refractivity (Wildman–Crippen MR) is 83.5 cm³/mol. The Bertz CT molecular complexity index is 436. The van der Waals surface area contributed by atoms with Gasteiger partial charge < -0.3 is 19.9 Å². The lowest BCUT2D eigenvalue weighted by Gasteiger charge is -2.33. The Labute approximate surface area is 127 Å². The fourth-order valence-electron chi connectivity index (χ4n) is 2.97. The molecular weight excluding hydrogens is 266 g/mol. The van der Waals surface area contributed by atoms with Gasteiger partial charge in [0.05, 0.1) is 25.4 Å². The van der Waals surface area contributed by atoms with Crippen molar-refractivity contribution in [1.82, 2.24) is 0 Å². The van der Waals surface area contributed by atoms with E-state index in [1.807, 2.05) is 31.2 Å². The molecule has 1 aliphatic carbocycles. The van der Waals surface area contributed by atoms with Gasteiger partial charge in [-0.2, -0.15) is 0 Å². The molecule has 0 amide bonds. The molecule has 2 rings (SSSR count). The molecule has 1 fully saturated rings. The van der Waals surface area contributed by atoms with Crippen LogP contribution >= 0.6 is 0 Å². The topological polar surface area (TPSA) is 53.7 Å². The van der Waals surface area contributed by atoms with Crippen LogP contribution in [0.4, 0.5) is 0 Å². The molecule has 1 saturated carbocycles. The highest BCUT2D eigenvalue weighted by Gasteiger charge is 2.27. The highest BCUT2D eigenvalue weighted by atomic mass is 16.5. The minimum Gasteiger partial charge on any atom is -0.497 e. The Hall–Kier alpha value is -1.10. The number of benzene rings is 1. The molecular formula is C17H27NO3. The maximum absolute atomic E-state index is 6.31. The van der Waals surface area contributed by atoms with Crippen LogP contribution in [-0.2, 0) is 9.47 Å². The first-order valence-electron chi connectivity index (χ1n) is 7.71. The summed E-state index contributed by atoms with van der Waals surface area (Å²) in [5.74, 6) is 0.833. The molecule has 118 valence electrons. The summed E-state index contributed by atoms with van der Waals surface area (Å²) >= 11 is 0. The molecule has 4 unspecified atom stereocenters. The summed E-state index contributed by atoms with van der Waals surface area (Å²) in [6.45, 7) is 1.99. The van der Waals surface area contributed by atoms with Crippen molar-refractivity contribution in [3.63, 3.8) is 0 Å². The van der Waals surface area contributed by atoms with Crippen molar-refractivity contribution in [3.8, 4) is 5.75 Å². The lowest BCUT2D eigenvalue weighted by molar-refractivity contribution is -0.0726. The molecule has 0 saturated heterocycles. The van der Waals surface area contributed by atoms with E-state index >= 15 is 0 Å². The van der Waals surface area contributed by atoms with E-state index in [-0.39, 0.29) is 18.2 Å². The Morgan fingerprint density at radius 2 is 1.95 bits per heavy atom. The number of hydrogen-bond acceptors (Lipinski definition) is 4. The first-order chi connectivity index (χ1) is 10.1. The summed E-state index contributed by atoms with van der Waals surface area (Å²) in [6.07, 6.45) is 4.71. The Balaban J connectivity index is 2.08. The normalized spacial score (nSPS) is 25.3. The zero-order chi connectivity index (χ0) is 15.2. The average molecular weight is 293 g/mol. The van der Waals surface area contributed by atoms with Crippen LogP contribution in [0, 0.1) is 0 Å². The third-order valence-corrected chi connectivity index (χ3v) is 4.15. The minimum atomic E-state index is -0.110. The Morgan fingerprint density at radius 3 is 2.62 bits per heavy atom. The smallest absolute Gasteiger partial charge is 0.119 e. The van der Waals surface area contributed by atoms with Gasteiger partial charge in [0.25, 0.3) is 0 Å². The number of nitrogens with two attached hydrogens (primary N) is 1. The van der Waals surface area contributed by atoms with Gasteiger partial charge in [0, 0.05) is 13.2 Å². The van der Waals surface area contributed by atoms with Crippen molar-refractivity contribution in [2.24, 2.45) is 5.73 Å². The van der Waals surface area contributed by atoms with E-state index in [1.54, 1.807) is 14.2 Å². The maximum atomic E-state index is 6.31. The fraction of sp³-hybridized carbons (Fsp3) is 0.647. The van der Waals surface area contributed by atoms with Gasteiger partial charge in [-0.15, -0.1) is 0 Å². The first-order valence-corrected chi connectivity index (χ1v) is 7.71. The van der Waals surface area contributed by atoms with Gasteiger partial charge >= 0.3 is 0 Å². The standard InChI is InChI=1S/C17H27NO3/c1-12(18)17(13-6-4-7-14(10-13)19-2)21-16-9-5-8-15(11-16)20-3/h4,6-7,10,12,15-17H,5,8-9,11,18H2,1-3H3. The van der Waals surface area contributed by atoms with Gasteiger partial charge in [0.1, 0.15) is 5.75 Å². The molecule has 0 spiro atoms. The zero-order valence-corrected chi connectivity index (χ0v) is 13.2. The lowest BCUT2D eigenvalue weighted by Crippen LogP contribution is -2.34. The van der Waals surface area contributed by atoms with E-state index < -0.39 is 0 Å². The second-order valence-electron chi connectivity index (χ2n) is 5.84. The third kappa shape index (κ3) is 4.43. The van der Waals surface area contributed by atoms with Crippen LogP contribution in [0.2, 0.25) is 0 Å². The van der Waals surface area contributed by atoms with E-state index in [2.05, 4.69) is 0 Å². The molecule has 0 bridgehead atoms. The van der Waals surface area contributed by atoms with Gasteiger partial charge in [0.2, 0.25) is 0 Å². The molecule has 0 radical (unpaired) electrons. The quantitative estimate of drug-likeness (QED) is 0.876. The minimum absolute atomic E-state index is 0.0694.